The number of aromatic nitrogens is 2. The number of ketones is 1. The van der Waals surface area contributed by atoms with E-state index in [1.165, 1.54) is 0 Å². The summed E-state index contributed by atoms with van der Waals surface area (Å²) < 4.78 is 6.98. The van der Waals surface area contributed by atoms with Crippen molar-refractivity contribution in [1.29, 1.82) is 0 Å². The van der Waals surface area contributed by atoms with E-state index in [-0.39, 0.29) is 6.04 Å². The van der Waals surface area contributed by atoms with Crippen molar-refractivity contribution in [2.75, 3.05) is 0 Å². The van der Waals surface area contributed by atoms with Crippen LogP contribution in [0.2, 0.25) is 0 Å². The van der Waals surface area contributed by atoms with Gasteiger partial charge in [0.2, 0.25) is 0 Å². The molecule has 140 valence electrons. The van der Waals surface area contributed by atoms with Crippen molar-refractivity contribution in [3.05, 3.63) is 71.4 Å². The average molecular weight is 365 g/mol. The summed E-state index contributed by atoms with van der Waals surface area (Å²) in [5, 5.41) is 7.21. The number of furan rings is 1. The van der Waals surface area contributed by atoms with Crippen LogP contribution in [0.5, 0.6) is 0 Å². The first-order chi connectivity index (χ1) is 13.0. The van der Waals surface area contributed by atoms with Gasteiger partial charge in [0.1, 0.15) is 5.76 Å². The molecule has 3 aromatic rings. The molecule has 0 fully saturated rings. The lowest BCUT2D eigenvalue weighted by Crippen LogP contribution is -2.38. The number of rotatable bonds is 7. The van der Waals surface area contributed by atoms with Crippen molar-refractivity contribution in [3.63, 3.8) is 0 Å². The van der Waals surface area contributed by atoms with E-state index in [0.29, 0.717) is 29.8 Å². The van der Waals surface area contributed by atoms with Gasteiger partial charge >= 0.3 is 0 Å². The summed E-state index contributed by atoms with van der Waals surface area (Å²) in [5.74, 6) is -0.309. The van der Waals surface area contributed by atoms with Crippen molar-refractivity contribution < 1.29 is 14.0 Å². The molecule has 0 bridgehead atoms. The zero-order valence-electron chi connectivity index (χ0n) is 15.7. The van der Waals surface area contributed by atoms with E-state index in [4.69, 9.17) is 4.42 Å². The van der Waals surface area contributed by atoms with Crippen molar-refractivity contribution in [2.24, 2.45) is 0 Å². The van der Waals surface area contributed by atoms with Crippen LogP contribution in [-0.2, 0) is 11.2 Å². The Hall–Kier alpha value is -3.15. The first kappa shape index (κ1) is 18.6. The van der Waals surface area contributed by atoms with Gasteiger partial charge in [-0.25, -0.2) is 4.68 Å². The Morgan fingerprint density at radius 2 is 1.89 bits per heavy atom. The summed E-state index contributed by atoms with van der Waals surface area (Å²) in [4.78, 5) is 25.2. The van der Waals surface area contributed by atoms with Gasteiger partial charge in [-0.05, 0) is 51.5 Å². The van der Waals surface area contributed by atoms with Crippen LogP contribution < -0.4 is 5.32 Å². The molecule has 0 spiro atoms. The molecule has 0 aliphatic carbocycles. The minimum atomic E-state index is -0.610. The van der Waals surface area contributed by atoms with Crippen LogP contribution in [0.15, 0.2) is 53.1 Å². The highest BCUT2D eigenvalue weighted by atomic mass is 16.3. The van der Waals surface area contributed by atoms with Gasteiger partial charge in [-0.15, -0.1) is 0 Å². The Labute approximate surface area is 158 Å². The first-order valence-electron chi connectivity index (χ1n) is 8.96. The van der Waals surface area contributed by atoms with Crippen molar-refractivity contribution in [2.45, 2.75) is 39.7 Å². The summed E-state index contributed by atoms with van der Waals surface area (Å²) in [6.45, 7) is 5.42. The Balaban J connectivity index is 1.69. The molecule has 1 aromatic carbocycles. The van der Waals surface area contributed by atoms with Crippen LogP contribution in [0, 0.1) is 13.8 Å². The van der Waals surface area contributed by atoms with Crippen molar-refractivity contribution in [1.82, 2.24) is 15.1 Å². The lowest BCUT2D eigenvalue weighted by Gasteiger charge is -2.12. The Morgan fingerprint density at radius 1 is 1.15 bits per heavy atom. The Morgan fingerprint density at radius 3 is 2.56 bits per heavy atom. The highest BCUT2D eigenvalue weighted by Gasteiger charge is 2.25. The van der Waals surface area contributed by atoms with Gasteiger partial charge in [-0.3, -0.25) is 9.59 Å². The molecule has 2 aromatic heterocycles. The number of carbonyl (C=O) groups excluding carboxylic acids is 2. The fourth-order valence-corrected chi connectivity index (χ4v) is 3.08. The number of benzene rings is 1. The first-order valence-corrected chi connectivity index (χ1v) is 8.96. The summed E-state index contributed by atoms with van der Waals surface area (Å²) in [5.41, 5.74) is 2.40. The summed E-state index contributed by atoms with van der Waals surface area (Å²) in [6.07, 6.45) is 3.01. The largest absolute Gasteiger partial charge is 0.469 e. The number of nitrogens with one attached hydrogen (secondary N) is 1. The van der Waals surface area contributed by atoms with E-state index >= 15 is 0 Å². The lowest BCUT2D eigenvalue weighted by atomic mass is 10.1. The van der Waals surface area contributed by atoms with Gasteiger partial charge in [0.05, 0.1) is 28.9 Å². The summed E-state index contributed by atoms with van der Waals surface area (Å²) in [7, 11) is 0. The molecule has 6 heteroatoms. The number of hydrogen-bond donors (Lipinski definition) is 1. The van der Waals surface area contributed by atoms with Crippen LogP contribution in [0.4, 0.5) is 0 Å². The normalized spacial score (nSPS) is 12.0. The maximum atomic E-state index is 12.7. The van der Waals surface area contributed by atoms with Crippen molar-refractivity contribution >= 4 is 11.7 Å². The third-order valence-electron chi connectivity index (χ3n) is 4.51. The molecule has 1 atom stereocenters. The molecule has 0 saturated heterocycles. The fraction of sp³-hybridized carbons (Fsp3) is 0.286. The van der Waals surface area contributed by atoms with Gasteiger partial charge in [0.15, 0.2) is 0 Å². The zero-order chi connectivity index (χ0) is 19.4. The Bertz CT molecular complexity index is 927. The zero-order valence-corrected chi connectivity index (χ0v) is 15.7. The van der Waals surface area contributed by atoms with Crippen LogP contribution >= 0.6 is 0 Å². The molecule has 1 unspecified atom stereocenters. The molecule has 0 radical (unpaired) electrons. The third kappa shape index (κ3) is 4.16. The highest BCUT2D eigenvalue weighted by molar-refractivity contribution is 6.43. The molecule has 2 heterocycles. The maximum absolute atomic E-state index is 12.7. The minimum absolute atomic E-state index is 0.142. The van der Waals surface area contributed by atoms with Gasteiger partial charge in [-0.2, -0.15) is 5.10 Å². The highest BCUT2D eigenvalue weighted by Crippen LogP contribution is 2.18. The summed E-state index contributed by atoms with van der Waals surface area (Å²) >= 11 is 0. The molecule has 6 nitrogen and oxygen atoms in total. The van der Waals surface area contributed by atoms with E-state index in [9.17, 15) is 9.59 Å². The SMILES string of the molecule is Cc1nn(-c2ccccc2)c(C)c1C(=O)C(=O)NC(C)CCc1ccco1. The molecule has 1 N–H and O–H groups in total. The molecule has 0 aliphatic rings. The van der Waals surface area contributed by atoms with Gasteiger partial charge < -0.3 is 9.73 Å². The number of nitrogens with zero attached hydrogens (tertiary/aromatic N) is 2. The second kappa shape index (κ2) is 8.03. The van der Waals surface area contributed by atoms with E-state index in [1.54, 1.807) is 24.8 Å². The summed E-state index contributed by atoms with van der Waals surface area (Å²) in [6, 6.07) is 13.1. The van der Waals surface area contributed by atoms with Gasteiger partial charge in [0.25, 0.3) is 11.7 Å². The second-order valence-corrected chi connectivity index (χ2v) is 6.61. The van der Waals surface area contributed by atoms with E-state index in [1.807, 2.05) is 49.4 Å². The monoisotopic (exact) mass is 365 g/mol. The minimum Gasteiger partial charge on any atom is -0.469 e. The quantitative estimate of drug-likeness (QED) is 0.514. The van der Waals surface area contributed by atoms with E-state index in [0.717, 1.165) is 11.4 Å². The topological polar surface area (TPSA) is 77.1 Å². The van der Waals surface area contributed by atoms with E-state index < -0.39 is 11.7 Å². The number of para-hydroxylation sites is 1. The molecule has 0 saturated carbocycles. The molecule has 27 heavy (non-hydrogen) atoms. The standard InChI is InChI=1S/C21H23N3O3/c1-14(11-12-18-10-7-13-27-18)22-21(26)20(25)19-15(2)23-24(16(19)3)17-8-5-4-6-9-17/h4-10,13-14H,11-12H2,1-3H3,(H,22,26). The maximum Gasteiger partial charge on any atom is 0.292 e. The Kier molecular flexibility index (Phi) is 5.54. The van der Waals surface area contributed by atoms with Crippen LogP contribution in [0.1, 0.15) is 40.9 Å². The van der Waals surface area contributed by atoms with Gasteiger partial charge in [-0.1, -0.05) is 18.2 Å². The molecular formula is C21H23N3O3. The van der Waals surface area contributed by atoms with Crippen LogP contribution in [0.3, 0.4) is 0 Å². The second-order valence-electron chi connectivity index (χ2n) is 6.61. The smallest absolute Gasteiger partial charge is 0.292 e. The molecule has 0 aliphatic heterocycles. The molecule has 3 rings (SSSR count). The predicted octanol–water partition coefficient (Wildman–Crippen LogP) is 3.40. The average Bonchev–Trinajstić information content (AvgIpc) is 3.28. The van der Waals surface area contributed by atoms with Gasteiger partial charge in [0, 0.05) is 12.5 Å². The number of hydrogen-bond acceptors (Lipinski definition) is 4. The van der Waals surface area contributed by atoms with Crippen LogP contribution in [-0.4, -0.2) is 27.5 Å². The number of carbonyl (C=O) groups is 2. The van der Waals surface area contributed by atoms with E-state index in [2.05, 4.69) is 10.4 Å². The molecule has 1 amide bonds. The van der Waals surface area contributed by atoms with Crippen molar-refractivity contribution in [3.8, 4) is 5.69 Å². The fourth-order valence-electron chi connectivity index (χ4n) is 3.08. The number of aryl methyl sites for hydroxylation is 2. The number of Topliss-reactive ketones (excluding diaryl/α,β-unsaturated/α-hetero) is 1. The number of amides is 1. The molecular weight excluding hydrogens is 342 g/mol. The predicted molar refractivity (Wildman–Crippen MR) is 102 cm³/mol. The third-order valence-corrected chi connectivity index (χ3v) is 4.51. The van der Waals surface area contributed by atoms with Crippen LogP contribution in [0.25, 0.3) is 5.69 Å². The lowest BCUT2D eigenvalue weighted by molar-refractivity contribution is -0.117.